The van der Waals surface area contributed by atoms with E-state index in [0.29, 0.717) is 19.7 Å². The number of hydrogen-bond donors (Lipinski definition) is 3. The predicted molar refractivity (Wildman–Crippen MR) is 100 cm³/mol. The van der Waals surface area contributed by atoms with E-state index in [-0.39, 0.29) is 35.7 Å². The second-order valence-corrected chi connectivity index (χ2v) is 5.81. The number of morpholine rings is 1. The molecule has 1 aliphatic heterocycles. The minimum absolute atomic E-state index is 0.113. The van der Waals surface area contributed by atoms with Gasteiger partial charge in [-0.25, -0.2) is 15.0 Å². The molecule has 0 aliphatic carbocycles. The van der Waals surface area contributed by atoms with Crippen molar-refractivity contribution >= 4 is 23.9 Å². The summed E-state index contributed by atoms with van der Waals surface area (Å²) in [5.74, 6) is 0.245. The molecule has 8 nitrogen and oxygen atoms in total. The Hall–Kier alpha value is -2.97. The minimum Gasteiger partial charge on any atom is -0.382 e. The highest BCUT2D eigenvalue weighted by Crippen LogP contribution is 2.35. The smallest absolute Gasteiger partial charge is 0.382 e. The third-order valence-corrected chi connectivity index (χ3v) is 3.70. The number of hydrogen-bond acceptors (Lipinski definition) is 8. The summed E-state index contributed by atoms with van der Waals surface area (Å²) in [6.45, 7) is 6.82. The van der Waals surface area contributed by atoms with E-state index in [1.54, 1.807) is 0 Å². The quantitative estimate of drug-likeness (QED) is 0.612. The van der Waals surface area contributed by atoms with E-state index in [0.717, 1.165) is 6.20 Å². The van der Waals surface area contributed by atoms with Crippen molar-refractivity contribution in [2.45, 2.75) is 19.2 Å². The molecule has 28 heavy (non-hydrogen) atoms. The van der Waals surface area contributed by atoms with Gasteiger partial charge in [-0.3, -0.25) is 0 Å². The Morgan fingerprint density at radius 3 is 2.96 bits per heavy atom. The first-order chi connectivity index (χ1) is 13.3. The number of rotatable bonds is 7. The molecule has 0 amide bonds. The number of ether oxygens (including phenoxy) is 1. The zero-order chi connectivity index (χ0) is 20.6. The van der Waals surface area contributed by atoms with E-state index < -0.39 is 11.7 Å². The van der Waals surface area contributed by atoms with E-state index in [2.05, 4.69) is 37.6 Å². The van der Waals surface area contributed by atoms with Gasteiger partial charge in [-0.1, -0.05) is 0 Å². The van der Waals surface area contributed by atoms with Crippen molar-refractivity contribution in [2.75, 3.05) is 36.9 Å². The number of alkyl halides is 3. The predicted octanol–water partition coefficient (Wildman–Crippen LogP) is 2.40. The summed E-state index contributed by atoms with van der Waals surface area (Å²) in [7, 11) is 0. The van der Waals surface area contributed by atoms with Crippen LogP contribution in [0, 0.1) is 11.3 Å². The molecule has 2 rings (SSSR count). The number of pyridine rings is 1. The van der Waals surface area contributed by atoms with Crippen molar-refractivity contribution < 1.29 is 17.9 Å². The molecule has 0 bridgehead atoms. The molecule has 0 unspecified atom stereocenters. The number of nitrogens with zero attached hydrogens (tertiary/aromatic N) is 4. The van der Waals surface area contributed by atoms with Gasteiger partial charge in [0.05, 0.1) is 30.2 Å². The first-order valence-corrected chi connectivity index (χ1v) is 8.35. The Morgan fingerprint density at radius 1 is 1.57 bits per heavy atom. The molecule has 0 radical (unpaired) electrons. The third kappa shape index (κ3) is 6.33. The number of anilines is 2. The van der Waals surface area contributed by atoms with Crippen LogP contribution in [0.4, 0.5) is 24.7 Å². The zero-order valence-electron chi connectivity index (χ0n) is 15.2. The SMILES string of the molecule is C=N/C(=C\N=C(C)C#N)Nc1cc(NC[C@@H]2CNCCO2)c(C(F)(F)F)cn1. The lowest BCUT2D eigenvalue weighted by molar-refractivity contribution is -0.137. The van der Waals surface area contributed by atoms with Gasteiger partial charge in [-0.05, 0) is 13.6 Å². The average Bonchev–Trinajstić information content (AvgIpc) is 2.69. The third-order valence-electron chi connectivity index (χ3n) is 3.70. The Bertz CT molecular complexity index is 793. The van der Waals surface area contributed by atoms with Crippen molar-refractivity contribution in [3.8, 4) is 6.07 Å². The average molecular weight is 395 g/mol. The molecule has 1 aromatic heterocycles. The molecule has 150 valence electrons. The number of aliphatic imine (C=N–C) groups is 2. The molecule has 1 atom stereocenters. The maximum Gasteiger partial charge on any atom is 0.419 e. The van der Waals surface area contributed by atoms with Gasteiger partial charge in [0.1, 0.15) is 23.4 Å². The summed E-state index contributed by atoms with van der Waals surface area (Å²) in [6, 6.07) is 3.06. The number of nitriles is 1. The Morgan fingerprint density at radius 2 is 2.36 bits per heavy atom. The van der Waals surface area contributed by atoms with Gasteiger partial charge in [0.25, 0.3) is 0 Å². The molecule has 2 heterocycles. The number of halogens is 3. The van der Waals surface area contributed by atoms with Crippen LogP contribution < -0.4 is 16.0 Å². The van der Waals surface area contributed by atoms with Gasteiger partial charge < -0.3 is 20.7 Å². The summed E-state index contributed by atoms with van der Waals surface area (Å²) >= 11 is 0. The summed E-state index contributed by atoms with van der Waals surface area (Å²) in [5, 5.41) is 17.3. The molecule has 1 aromatic rings. The maximum absolute atomic E-state index is 13.3. The van der Waals surface area contributed by atoms with Gasteiger partial charge >= 0.3 is 6.18 Å². The van der Waals surface area contributed by atoms with Crippen LogP contribution in [0.3, 0.4) is 0 Å². The van der Waals surface area contributed by atoms with Crippen LogP contribution in [0.15, 0.2) is 34.3 Å². The highest BCUT2D eigenvalue weighted by Gasteiger charge is 2.34. The van der Waals surface area contributed by atoms with E-state index in [4.69, 9.17) is 10.00 Å². The fourth-order valence-corrected chi connectivity index (χ4v) is 2.30. The van der Waals surface area contributed by atoms with Crippen molar-refractivity contribution in [1.29, 1.82) is 5.26 Å². The number of aromatic nitrogens is 1. The van der Waals surface area contributed by atoms with Crippen LogP contribution in [-0.4, -0.2) is 49.8 Å². The Kier molecular flexibility index (Phi) is 7.48. The Balaban J connectivity index is 2.21. The second kappa shape index (κ2) is 9.82. The fourth-order valence-electron chi connectivity index (χ4n) is 2.30. The second-order valence-electron chi connectivity index (χ2n) is 5.81. The molecule has 0 saturated carbocycles. The van der Waals surface area contributed by atoms with Crippen molar-refractivity contribution in [3.05, 3.63) is 29.8 Å². The molecule has 1 aliphatic rings. The van der Waals surface area contributed by atoms with Crippen LogP contribution in [0.5, 0.6) is 0 Å². The summed E-state index contributed by atoms with van der Waals surface area (Å²) < 4.78 is 45.4. The molecule has 3 N–H and O–H groups in total. The molecular weight excluding hydrogens is 375 g/mol. The van der Waals surface area contributed by atoms with Gasteiger partial charge in [0, 0.05) is 31.9 Å². The normalized spacial score (nSPS) is 18.3. The first kappa shape index (κ1) is 21.3. The molecule has 1 fully saturated rings. The standard InChI is InChI=1S/C17H20F3N7O/c1-11(6-21)24-10-16(22-2)27-15-5-14(13(9-26-15)17(18,19)20)25-8-12-7-23-3-4-28-12/h5,9-10,12,23H,2-4,7-8H2,1H3,(H2,25,26,27)/b16-10+,24-11?/t12-/m0/s1. The van der Waals surface area contributed by atoms with E-state index in [1.807, 2.05) is 6.07 Å². The molecular formula is C17H20F3N7O. The summed E-state index contributed by atoms with van der Waals surface area (Å²) in [4.78, 5) is 11.3. The zero-order valence-corrected chi connectivity index (χ0v) is 15.2. The summed E-state index contributed by atoms with van der Waals surface area (Å²) in [6.07, 6.45) is -2.84. The van der Waals surface area contributed by atoms with Crippen LogP contribution in [-0.2, 0) is 10.9 Å². The number of nitrogens with one attached hydrogen (secondary N) is 3. The van der Waals surface area contributed by atoms with Crippen LogP contribution in [0.2, 0.25) is 0 Å². The van der Waals surface area contributed by atoms with E-state index in [1.165, 1.54) is 19.2 Å². The van der Waals surface area contributed by atoms with Gasteiger partial charge in [0.15, 0.2) is 0 Å². The highest BCUT2D eigenvalue weighted by atomic mass is 19.4. The van der Waals surface area contributed by atoms with E-state index >= 15 is 0 Å². The van der Waals surface area contributed by atoms with Crippen LogP contribution >= 0.6 is 0 Å². The highest BCUT2D eigenvalue weighted by molar-refractivity contribution is 5.96. The first-order valence-electron chi connectivity index (χ1n) is 8.35. The maximum atomic E-state index is 13.3. The molecule has 0 aromatic carbocycles. The Labute approximate surface area is 160 Å². The summed E-state index contributed by atoms with van der Waals surface area (Å²) in [5.41, 5.74) is -0.844. The van der Waals surface area contributed by atoms with E-state index in [9.17, 15) is 13.2 Å². The van der Waals surface area contributed by atoms with Crippen LogP contribution in [0.25, 0.3) is 0 Å². The van der Waals surface area contributed by atoms with Gasteiger partial charge in [-0.15, -0.1) is 0 Å². The minimum atomic E-state index is -4.57. The molecule has 1 saturated heterocycles. The van der Waals surface area contributed by atoms with Crippen LogP contribution in [0.1, 0.15) is 12.5 Å². The monoisotopic (exact) mass is 395 g/mol. The largest absolute Gasteiger partial charge is 0.419 e. The van der Waals surface area contributed by atoms with Crippen molar-refractivity contribution in [2.24, 2.45) is 9.98 Å². The molecule has 11 heteroatoms. The lowest BCUT2D eigenvalue weighted by atomic mass is 10.2. The van der Waals surface area contributed by atoms with Crippen molar-refractivity contribution in [1.82, 2.24) is 10.3 Å². The lowest BCUT2D eigenvalue weighted by Gasteiger charge is -2.25. The van der Waals surface area contributed by atoms with Gasteiger partial charge in [-0.2, -0.15) is 18.4 Å². The lowest BCUT2D eigenvalue weighted by Crippen LogP contribution is -2.42. The molecule has 0 spiro atoms. The van der Waals surface area contributed by atoms with Crippen molar-refractivity contribution in [3.63, 3.8) is 0 Å². The fraction of sp³-hybridized carbons (Fsp3) is 0.412. The topological polar surface area (TPSA) is 107 Å². The van der Waals surface area contributed by atoms with Gasteiger partial charge in [0.2, 0.25) is 0 Å².